The minimum absolute atomic E-state index is 0.280. The van der Waals surface area contributed by atoms with Crippen LogP contribution in [0.3, 0.4) is 0 Å². The molecule has 4 nitrogen and oxygen atoms in total. The number of hydrogen-bond donors (Lipinski definition) is 2. The second-order valence-electron chi connectivity index (χ2n) is 3.85. The molecule has 14 heavy (non-hydrogen) atoms. The average molecular weight is 201 g/mol. The Bertz CT molecular complexity index is 180. The lowest BCUT2D eigenvalue weighted by molar-refractivity contribution is -0.154. The summed E-state index contributed by atoms with van der Waals surface area (Å²) < 4.78 is 4.92. The van der Waals surface area contributed by atoms with Gasteiger partial charge in [-0.05, 0) is 25.3 Å². The van der Waals surface area contributed by atoms with Gasteiger partial charge in [-0.2, -0.15) is 0 Å². The van der Waals surface area contributed by atoms with Gasteiger partial charge in [0.15, 0.2) is 6.10 Å². The molecule has 0 aromatic carbocycles. The maximum atomic E-state index is 11.1. The van der Waals surface area contributed by atoms with Gasteiger partial charge in [-0.3, -0.25) is 0 Å². The Kier molecular flexibility index (Phi) is 4.90. The molecule has 0 spiro atoms. The highest BCUT2D eigenvalue weighted by Crippen LogP contribution is 2.29. The average Bonchev–Trinajstić information content (AvgIpc) is 2.09. The molecule has 82 valence electrons. The molecule has 1 aliphatic carbocycles. The quantitative estimate of drug-likeness (QED) is 0.611. The third-order valence-electron chi connectivity index (χ3n) is 2.71. The van der Waals surface area contributed by atoms with E-state index in [-0.39, 0.29) is 6.42 Å². The first-order chi connectivity index (χ1) is 6.74. The second-order valence-corrected chi connectivity index (χ2v) is 3.85. The van der Waals surface area contributed by atoms with Crippen LogP contribution in [0.4, 0.5) is 0 Å². The van der Waals surface area contributed by atoms with Gasteiger partial charge in [-0.15, -0.1) is 0 Å². The van der Waals surface area contributed by atoms with Gasteiger partial charge in [0.05, 0.1) is 6.61 Å². The third kappa shape index (κ3) is 3.64. The third-order valence-corrected chi connectivity index (χ3v) is 2.71. The maximum absolute atomic E-state index is 11.1. The molecular formula is C10H19NO3. The highest BCUT2D eigenvalue weighted by molar-refractivity contribution is 5.74. The van der Waals surface area contributed by atoms with E-state index in [0.29, 0.717) is 13.2 Å². The van der Waals surface area contributed by atoms with E-state index in [2.05, 4.69) is 0 Å². The van der Waals surface area contributed by atoms with Crippen molar-refractivity contribution in [2.24, 2.45) is 11.7 Å². The number of aliphatic hydroxyl groups is 1. The van der Waals surface area contributed by atoms with E-state index >= 15 is 0 Å². The standard InChI is InChI=1S/C10H19NO3/c11-6-4-9(12)10(13)14-7-5-8-2-1-3-8/h8-9,12H,1-7,11H2. The second kappa shape index (κ2) is 5.98. The number of ether oxygens (including phenoxy) is 1. The monoisotopic (exact) mass is 201 g/mol. The molecule has 0 aromatic heterocycles. The van der Waals surface area contributed by atoms with E-state index in [4.69, 9.17) is 10.5 Å². The zero-order valence-corrected chi connectivity index (χ0v) is 8.45. The Morgan fingerprint density at radius 3 is 2.79 bits per heavy atom. The first kappa shape index (κ1) is 11.5. The number of hydrogen-bond acceptors (Lipinski definition) is 4. The van der Waals surface area contributed by atoms with E-state index in [1.165, 1.54) is 19.3 Å². The molecule has 1 fully saturated rings. The number of carbonyl (C=O) groups excluding carboxylic acids is 1. The minimum atomic E-state index is -1.04. The van der Waals surface area contributed by atoms with Crippen LogP contribution in [-0.4, -0.2) is 30.3 Å². The van der Waals surface area contributed by atoms with Gasteiger partial charge in [-0.25, -0.2) is 4.79 Å². The summed E-state index contributed by atoms with van der Waals surface area (Å²) in [5.41, 5.74) is 5.21. The largest absolute Gasteiger partial charge is 0.464 e. The van der Waals surface area contributed by atoms with E-state index < -0.39 is 12.1 Å². The van der Waals surface area contributed by atoms with Crippen molar-refractivity contribution in [2.45, 2.75) is 38.2 Å². The molecule has 4 heteroatoms. The SMILES string of the molecule is NCCC(O)C(=O)OCCC1CCC1. The van der Waals surface area contributed by atoms with E-state index in [1.54, 1.807) is 0 Å². The molecular weight excluding hydrogens is 182 g/mol. The smallest absolute Gasteiger partial charge is 0.335 e. The van der Waals surface area contributed by atoms with Gasteiger partial charge in [0.2, 0.25) is 0 Å². The summed E-state index contributed by atoms with van der Waals surface area (Å²) in [6.45, 7) is 0.740. The molecule has 0 aliphatic heterocycles. The number of rotatable bonds is 6. The van der Waals surface area contributed by atoms with Crippen LogP contribution in [-0.2, 0) is 9.53 Å². The summed E-state index contributed by atoms with van der Waals surface area (Å²) >= 11 is 0. The van der Waals surface area contributed by atoms with Crippen molar-refractivity contribution < 1.29 is 14.6 Å². The molecule has 1 unspecified atom stereocenters. The maximum Gasteiger partial charge on any atom is 0.335 e. The summed E-state index contributed by atoms with van der Waals surface area (Å²) in [4.78, 5) is 11.1. The van der Waals surface area contributed by atoms with Gasteiger partial charge in [-0.1, -0.05) is 19.3 Å². The summed E-state index contributed by atoms with van der Waals surface area (Å²) in [5.74, 6) is 0.198. The summed E-state index contributed by atoms with van der Waals surface area (Å²) in [6.07, 6.45) is 3.98. The molecule has 0 heterocycles. The lowest BCUT2D eigenvalue weighted by Gasteiger charge is -2.24. The van der Waals surface area contributed by atoms with Gasteiger partial charge < -0.3 is 15.6 Å². The zero-order valence-electron chi connectivity index (χ0n) is 8.45. The Morgan fingerprint density at radius 2 is 2.29 bits per heavy atom. The van der Waals surface area contributed by atoms with Crippen LogP contribution in [0.2, 0.25) is 0 Å². The first-order valence-corrected chi connectivity index (χ1v) is 5.29. The van der Waals surface area contributed by atoms with E-state index in [1.807, 2.05) is 0 Å². The lowest BCUT2D eigenvalue weighted by Crippen LogP contribution is -2.27. The molecule has 0 saturated heterocycles. The molecule has 0 amide bonds. The van der Waals surface area contributed by atoms with Crippen molar-refractivity contribution in [1.29, 1.82) is 0 Å². The molecule has 0 radical (unpaired) electrons. The highest BCUT2D eigenvalue weighted by atomic mass is 16.5. The molecule has 0 aromatic rings. The Hall–Kier alpha value is -0.610. The predicted octanol–water partition coefficient (Wildman–Crippen LogP) is 0.429. The fraction of sp³-hybridized carbons (Fsp3) is 0.900. The summed E-state index contributed by atoms with van der Waals surface area (Å²) in [5, 5.41) is 9.20. The number of esters is 1. The molecule has 0 bridgehead atoms. The van der Waals surface area contributed by atoms with Crippen LogP contribution in [0.25, 0.3) is 0 Å². The van der Waals surface area contributed by atoms with Crippen LogP contribution >= 0.6 is 0 Å². The Balaban J connectivity index is 2.01. The van der Waals surface area contributed by atoms with Crippen molar-refractivity contribution in [3.05, 3.63) is 0 Å². The van der Waals surface area contributed by atoms with Crippen molar-refractivity contribution in [3.8, 4) is 0 Å². The van der Waals surface area contributed by atoms with Crippen molar-refractivity contribution in [3.63, 3.8) is 0 Å². The van der Waals surface area contributed by atoms with Gasteiger partial charge in [0.1, 0.15) is 0 Å². The van der Waals surface area contributed by atoms with Gasteiger partial charge in [0, 0.05) is 0 Å². The molecule has 1 atom stereocenters. The van der Waals surface area contributed by atoms with Crippen LogP contribution in [0, 0.1) is 5.92 Å². The first-order valence-electron chi connectivity index (χ1n) is 5.29. The van der Waals surface area contributed by atoms with E-state index in [0.717, 1.165) is 12.3 Å². The van der Waals surface area contributed by atoms with Crippen LogP contribution in [0.5, 0.6) is 0 Å². The zero-order chi connectivity index (χ0) is 10.4. The number of aliphatic hydroxyl groups excluding tert-OH is 1. The van der Waals surface area contributed by atoms with Crippen molar-refractivity contribution >= 4 is 5.97 Å². The Morgan fingerprint density at radius 1 is 1.57 bits per heavy atom. The van der Waals surface area contributed by atoms with Crippen LogP contribution in [0.1, 0.15) is 32.1 Å². The molecule has 3 N–H and O–H groups in total. The minimum Gasteiger partial charge on any atom is -0.464 e. The topological polar surface area (TPSA) is 72.5 Å². The normalized spacial score (nSPS) is 18.7. The molecule has 1 aliphatic rings. The van der Waals surface area contributed by atoms with Crippen molar-refractivity contribution in [1.82, 2.24) is 0 Å². The van der Waals surface area contributed by atoms with E-state index in [9.17, 15) is 9.90 Å². The summed E-state index contributed by atoms with van der Waals surface area (Å²) in [7, 11) is 0. The lowest BCUT2D eigenvalue weighted by atomic mass is 9.83. The number of carbonyl (C=O) groups is 1. The van der Waals surface area contributed by atoms with Crippen molar-refractivity contribution in [2.75, 3.05) is 13.2 Å². The number of nitrogens with two attached hydrogens (primary N) is 1. The molecule has 1 rings (SSSR count). The van der Waals surface area contributed by atoms with Crippen LogP contribution in [0.15, 0.2) is 0 Å². The van der Waals surface area contributed by atoms with Gasteiger partial charge >= 0.3 is 5.97 Å². The summed E-state index contributed by atoms with van der Waals surface area (Å²) in [6, 6.07) is 0. The van der Waals surface area contributed by atoms with Gasteiger partial charge in [0.25, 0.3) is 0 Å². The highest BCUT2D eigenvalue weighted by Gasteiger charge is 2.19. The fourth-order valence-electron chi connectivity index (χ4n) is 1.48. The predicted molar refractivity (Wildman–Crippen MR) is 52.6 cm³/mol. The molecule has 1 saturated carbocycles. The van der Waals surface area contributed by atoms with Crippen LogP contribution < -0.4 is 5.73 Å². The fourth-order valence-corrected chi connectivity index (χ4v) is 1.48. The Labute approximate surface area is 84.4 Å².